The van der Waals surface area contributed by atoms with Gasteiger partial charge in [-0.25, -0.2) is 9.79 Å². The first kappa shape index (κ1) is 23.9. The Morgan fingerprint density at radius 1 is 1.36 bits per heavy atom. The molecule has 6 heteroatoms. The first-order chi connectivity index (χ1) is 13.0. The normalized spacial score (nSPS) is 26.4. The molecule has 1 heterocycles. The van der Waals surface area contributed by atoms with E-state index in [2.05, 4.69) is 31.1 Å². The molecule has 0 bridgehead atoms. The first-order valence-electron chi connectivity index (χ1n) is 10.3. The maximum absolute atomic E-state index is 13.1. The summed E-state index contributed by atoms with van der Waals surface area (Å²) in [6, 6.07) is 0. The molecule has 0 radical (unpaired) electrons. The fourth-order valence-electron chi connectivity index (χ4n) is 4.40. The Morgan fingerprint density at radius 3 is 2.43 bits per heavy atom. The molecule has 6 nitrogen and oxygen atoms in total. The van der Waals surface area contributed by atoms with E-state index in [9.17, 15) is 9.59 Å². The van der Waals surface area contributed by atoms with Crippen molar-refractivity contribution >= 4 is 18.0 Å². The molecular formula is C22H37N3O3. The third-order valence-electron chi connectivity index (χ3n) is 5.29. The maximum atomic E-state index is 13.1. The van der Waals surface area contributed by atoms with E-state index in [0.29, 0.717) is 0 Å². The van der Waals surface area contributed by atoms with Gasteiger partial charge in [-0.2, -0.15) is 0 Å². The van der Waals surface area contributed by atoms with E-state index >= 15 is 0 Å². The molecule has 158 valence electrons. The van der Waals surface area contributed by atoms with Gasteiger partial charge in [0.05, 0.1) is 0 Å². The van der Waals surface area contributed by atoms with Crippen LogP contribution in [-0.4, -0.2) is 29.1 Å². The quantitative estimate of drug-likeness (QED) is 0.718. The number of ether oxygens (including phenoxy) is 1. The number of hydrogen-bond acceptors (Lipinski definition) is 4. The van der Waals surface area contributed by atoms with Crippen molar-refractivity contribution in [1.82, 2.24) is 10.6 Å². The number of carbonyl (C=O) groups is 2. The molecule has 2 amide bonds. The van der Waals surface area contributed by atoms with Gasteiger partial charge in [0.2, 0.25) is 5.96 Å². The van der Waals surface area contributed by atoms with E-state index in [1.165, 1.54) is 0 Å². The van der Waals surface area contributed by atoms with Crippen LogP contribution in [0.25, 0.3) is 0 Å². The van der Waals surface area contributed by atoms with Crippen molar-refractivity contribution < 1.29 is 14.3 Å². The smallest absolute Gasteiger partial charge is 0.414 e. The van der Waals surface area contributed by atoms with Gasteiger partial charge in [0.25, 0.3) is 5.91 Å². The Hall–Kier alpha value is -2.11. The SMILES string of the molecule is C=CC1=C(C)CC(CC)(CCC)C12N=C(NC(=O)OC(C)(C)C)NC2=O.CC. The van der Waals surface area contributed by atoms with Gasteiger partial charge in [-0.15, -0.1) is 0 Å². The van der Waals surface area contributed by atoms with Crippen molar-refractivity contribution in [3.8, 4) is 0 Å². The molecule has 0 saturated heterocycles. The Balaban J connectivity index is 0.00000190. The van der Waals surface area contributed by atoms with E-state index in [-0.39, 0.29) is 17.3 Å². The summed E-state index contributed by atoms with van der Waals surface area (Å²) in [7, 11) is 0. The largest absolute Gasteiger partial charge is 0.444 e. The van der Waals surface area contributed by atoms with Crippen LogP contribution in [-0.2, 0) is 9.53 Å². The number of rotatable bonds is 4. The van der Waals surface area contributed by atoms with Crippen molar-refractivity contribution in [1.29, 1.82) is 0 Å². The summed E-state index contributed by atoms with van der Waals surface area (Å²) in [5, 5.41) is 5.33. The van der Waals surface area contributed by atoms with Gasteiger partial charge in [-0.05, 0) is 52.5 Å². The minimum Gasteiger partial charge on any atom is -0.444 e. The molecule has 28 heavy (non-hydrogen) atoms. The van der Waals surface area contributed by atoms with Crippen LogP contribution in [0.1, 0.15) is 81.1 Å². The van der Waals surface area contributed by atoms with E-state index < -0.39 is 17.2 Å². The average molecular weight is 392 g/mol. The highest BCUT2D eigenvalue weighted by molar-refractivity contribution is 6.13. The van der Waals surface area contributed by atoms with Crippen LogP contribution in [0.3, 0.4) is 0 Å². The molecule has 0 aromatic rings. The van der Waals surface area contributed by atoms with E-state index in [0.717, 1.165) is 36.8 Å². The van der Waals surface area contributed by atoms with Gasteiger partial charge in [-0.1, -0.05) is 52.3 Å². The van der Waals surface area contributed by atoms with E-state index in [1.807, 2.05) is 20.8 Å². The fourth-order valence-corrected chi connectivity index (χ4v) is 4.40. The highest BCUT2D eigenvalue weighted by atomic mass is 16.6. The Morgan fingerprint density at radius 2 is 1.96 bits per heavy atom. The molecule has 1 aliphatic heterocycles. The lowest BCUT2D eigenvalue weighted by atomic mass is 9.64. The predicted octanol–water partition coefficient (Wildman–Crippen LogP) is 4.86. The summed E-state index contributed by atoms with van der Waals surface area (Å²) >= 11 is 0. The third-order valence-corrected chi connectivity index (χ3v) is 5.29. The minimum atomic E-state index is -1.03. The molecule has 0 aromatic heterocycles. The van der Waals surface area contributed by atoms with Gasteiger partial charge >= 0.3 is 6.09 Å². The van der Waals surface area contributed by atoms with Gasteiger partial charge in [0.1, 0.15) is 5.60 Å². The maximum Gasteiger partial charge on any atom is 0.414 e. The Kier molecular flexibility index (Phi) is 7.63. The minimum absolute atomic E-state index is 0.146. The molecule has 2 aliphatic rings. The van der Waals surface area contributed by atoms with Crippen LogP contribution in [0.2, 0.25) is 0 Å². The predicted molar refractivity (Wildman–Crippen MR) is 114 cm³/mol. The lowest BCUT2D eigenvalue weighted by Gasteiger charge is -2.40. The second kappa shape index (κ2) is 8.93. The highest BCUT2D eigenvalue weighted by Gasteiger charge is 2.63. The van der Waals surface area contributed by atoms with Crippen molar-refractivity contribution in [2.45, 2.75) is 92.2 Å². The van der Waals surface area contributed by atoms with Crippen molar-refractivity contribution in [3.63, 3.8) is 0 Å². The van der Waals surface area contributed by atoms with Crippen LogP contribution < -0.4 is 10.6 Å². The van der Waals surface area contributed by atoms with Crippen LogP contribution in [0, 0.1) is 5.41 Å². The molecule has 0 saturated carbocycles. The number of nitrogens with one attached hydrogen (secondary N) is 2. The molecular weight excluding hydrogens is 354 g/mol. The number of amides is 2. The van der Waals surface area contributed by atoms with Crippen LogP contribution >= 0.6 is 0 Å². The summed E-state index contributed by atoms with van der Waals surface area (Å²) in [6.07, 6.45) is 4.54. The number of nitrogens with zero attached hydrogens (tertiary/aromatic N) is 1. The molecule has 2 atom stereocenters. The van der Waals surface area contributed by atoms with Crippen LogP contribution in [0.4, 0.5) is 4.79 Å². The number of guanidine groups is 1. The van der Waals surface area contributed by atoms with Crippen molar-refractivity contribution in [2.24, 2.45) is 10.4 Å². The zero-order valence-electron chi connectivity index (χ0n) is 18.8. The number of carbonyl (C=O) groups excluding carboxylic acids is 2. The van der Waals surface area contributed by atoms with E-state index in [1.54, 1.807) is 26.8 Å². The topological polar surface area (TPSA) is 79.8 Å². The number of aliphatic imine (C=N–C) groups is 1. The number of hydrogen-bond donors (Lipinski definition) is 2. The van der Waals surface area contributed by atoms with Gasteiger partial charge in [0.15, 0.2) is 5.54 Å². The summed E-state index contributed by atoms with van der Waals surface area (Å²) in [4.78, 5) is 30.0. The molecule has 0 fully saturated rings. The zero-order valence-corrected chi connectivity index (χ0v) is 18.8. The summed E-state index contributed by atoms with van der Waals surface area (Å²) < 4.78 is 5.27. The monoisotopic (exact) mass is 391 g/mol. The average Bonchev–Trinajstić information content (AvgIpc) is 3.03. The number of allylic oxidation sites excluding steroid dienone is 1. The Bertz CT molecular complexity index is 688. The lowest BCUT2D eigenvalue weighted by molar-refractivity contribution is -0.126. The zero-order chi connectivity index (χ0) is 21.8. The summed E-state index contributed by atoms with van der Waals surface area (Å²) in [5.41, 5.74) is 0.0142. The van der Waals surface area contributed by atoms with Gasteiger partial charge < -0.3 is 4.74 Å². The number of alkyl carbamates (subject to hydrolysis) is 1. The highest BCUT2D eigenvalue weighted by Crippen LogP contribution is 2.58. The second-order valence-corrected chi connectivity index (χ2v) is 8.21. The lowest BCUT2D eigenvalue weighted by Crippen LogP contribution is -2.52. The fraction of sp³-hybridized carbons (Fsp3) is 0.682. The van der Waals surface area contributed by atoms with Crippen LogP contribution in [0.15, 0.2) is 28.8 Å². The molecule has 1 aliphatic carbocycles. The van der Waals surface area contributed by atoms with Crippen LogP contribution in [0.5, 0.6) is 0 Å². The molecule has 2 unspecified atom stereocenters. The van der Waals surface area contributed by atoms with Gasteiger partial charge in [0, 0.05) is 5.41 Å². The summed E-state index contributed by atoms with van der Waals surface area (Å²) in [6.45, 7) is 19.5. The molecule has 2 N–H and O–H groups in total. The van der Waals surface area contributed by atoms with Crippen molar-refractivity contribution in [2.75, 3.05) is 0 Å². The van der Waals surface area contributed by atoms with Gasteiger partial charge in [-0.3, -0.25) is 15.4 Å². The molecule has 0 aromatic carbocycles. The molecule has 2 rings (SSSR count). The second-order valence-electron chi connectivity index (χ2n) is 8.21. The van der Waals surface area contributed by atoms with Crippen molar-refractivity contribution in [3.05, 3.63) is 23.8 Å². The summed E-state index contributed by atoms with van der Waals surface area (Å²) in [5.74, 6) is -0.0576. The first-order valence-corrected chi connectivity index (χ1v) is 10.3. The van der Waals surface area contributed by atoms with E-state index in [4.69, 9.17) is 9.73 Å². The standard InChI is InChI=1S/C20H31N3O3.C2H6/c1-8-11-19(10-3)12-13(4)14(9-2)20(19)15(24)21-16(23-20)22-17(25)26-18(5,6)7;1-2/h9H,2,8,10-12H2,1,3-7H3,(H2,21,22,23,24,25);1-2H3. The molecule has 1 spiro atoms. The Labute approximate surface area is 169 Å². The third kappa shape index (κ3) is 4.15.